The Labute approximate surface area is 312 Å². The Balaban J connectivity index is -0.000000146. The number of aromatic nitrogens is 6. The predicted molar refractivity (Wildman–Crippen MR) is 206 cm³/mol. The normalized spacial score (nSPS) is 12.1. The zero-order valence-corrected chi connectivity index (χ0v) is 28.0. The molecule has 1 fully saturated rings. The van der Waals surface area contributed by atoms with Crippen molar-refractivity contribution in [3.05, 3.63) is 24.8 Å². The molecular formula is C34H44N18. The molecule has 0 bridgehead atoms. The number of hydrogen-bond acceptors (Lipinski definition) is 9. The van der Waals surface area contributed by atoms with E-state index >= 15 is 0 Å². The Morgan fingerprint density at radius 2 is 1.60 bits per heavy atom. The molecule has 1 aliphatic rings. The molecule has 0 radical (unpaired) electrons. The molecule has 4 N–H and O–H groups in total. The highest BCUT2D eigenvalue weighted by Gasteiger charge is 2.23. The van der Waals surface area contributed by atoms with Gasteiger partial charge in [-0.15, -0.1) is 6.42 Å². The molecule has 0 aromatic carbocycles. The maximum Gasteiger partial charge on any atom is 0.229 e. The Morgan fingerprint density at radius 1 is 0.942 bits per heavy atom. The lowest BCUT2D eigenvalue weighted by Gasteiger charge is -2.14. The summed E-state index contributed by atoms with van der Waals surface area (Å²) < 4.78 is 3.69. The van der Waals surface area contributed by atoms with Gasteiger partial charge in [-0.1, -0.05) is 11.1 Å². The fourth-order valence-corrected chi connectivity index (χ4v) is 3.93. The summed E-state index contributed by atoms with van der Waals surface area (Å²) in [6.45, 7) is 5.44. The lowest BCUT2D eigenvalue weighted by molar-refractivity contribution is 0.321. The van der Waals surface area contributed by atoms with Gasteiger partial charge in [-0.2, -0.15) is 26.0 Å². The molecule has 3 aromatic rings. The van der Waals surface area contributed by atoms with E-state index in [9.17, 15) is 0 Å². The summed E-state index contributed by atoms with van der Waals surface area (Å²) in [5, 5.41) is 40.9. The molecule has 0 amide bonds. The van der Waals surface area contributed by atoms with Gasteiger partial charge in [-0.3, -0.25) is 4.68 Å². The molecule has 1 aliphatic heterocycles. The van der Waals surface area contributed by atoms with Gasteiger partial charge in [-0.25, -0.2) is 9.67 Å². The topological polar surface area (TPSA) is 237 Å². The molecule has 1 saturated heterocycles. The van der Waals surface area contributed by atoms with Crippen molar-refractivity contribution in [2.45, 2.75) is 26.3 Å². The summed E-state index contributed by atoms with van der Waals surface area (Å²) in [4.78, 5) is 11.3. The average Bonchev–Trinajstić information content (AvgIpc) is 3.90. The van der Waals surface area contributed by atoms with E-state index in [2.05, 4.69) is 168 Å². The van der Waals surface area contributed by atoms with E-state index in [4.69, 9.17) is 17.2 Å². The largest absolute Gasteiger partial charge is 0.321 e. The van der Waals surface area contributed by atoms with Crippen molar-refractivity contribution in [1.82, 2.24) is 34.4 Å². The van der Waals surface area contributed by atoms with E-state index in [1.807, 2.05) is 24.1 Å². The molecule has 1 unspecified atom stereocenters. The van der Waals surface area contributed by atoms with Gasteiger partial charge in [0.15, 0.2) is 5.65 Å². The molecule has 18 nitrogen and oxygen atoms in total. The fourth-order valence-electron chi connectivity index (χ4n) is 3.93. The van der Waals surface area contributed by atoms with Crippen LogP contribution in [0.3, 0.4) is 0 Å². The monoisotopic (exact) mass is 704 g/mol. The Kier molecular flexibility index (Phi) is 19.7. The van der Waals surface area contributed by atoms with Crippen LogP contribution < -0.4 is 11.2 Å². The van der Waals surface area contributed by atoms with Crippen LogP contribution in [0, 0.1) is 118 Å². The number of terminal acetylenes is 1. The Hall–Kier alpha value is -8.31. The molecule has 0 saturated carbocycles. The van der Waals surface area contributed by atoms with Gasteiger partial charge < -0.3 is 16.1 Å². The average molecular weight is 705 g/mol. The van der Waals surface area contributed by atoms with Crippen LogP contribution in [0.5, 0.6) is 0 Å². The van der Waals surface area contributed by atoms with Crippen molar-refractivity contribution in [3.8, 4) is 101 Å². The van der Waals surface area contributed by atoms with Gasteiger partial charge in [0, 0.05) is 56.9 Å². The highest BCUT2D eigenvalue weighted by atomic mass is 15.6. The van der Waals surface area contributed by atoms with Gasteiger partial charge in [0.1, 0.15) is 0 Å². The third-order valence-corrected chi connectivity index (χ3v) is 5.88. The summed E-state index contributed by atoms with van der Waals surface area (Å²) in [7, 11) is 1.87. The highest BCUT2D eigenvalue weighted by molar-refractivity contribution is 5.75. The third kappa shape index (κ3) is 17.0. The summed E-state index contributed by atoms with van der Waals surface area (Å²) >= 11 is 0. The number of nitrogens with one attached hydrogen (secondary N) is 2. The van der Waals surface area contributed by atoms with Gasteiger partial charge >= 0.3 is 0 Å². The number of rotatable bonds is 9. The second kappa shape index (κ2) is 25.7. The number of hydrogen-bond donors (Lipinski definition) is 3. The SMILES string of the molecule is C#CC#CC#CC#CC#CC#CC#CC#CC.Cn1cc(Nc2ncc3cnn(CC4CCN(CCC#N)C4)c3n2)cn1.N=N/N=N/N=N/N=N/N.[HH].[HH].[HH].[HH].[HH].[HH].[HH].[HH]. The molecule has 3 aromatic heterocycles. The summed E-state index contributed by atoms with van der Waals surface area (Å²) in [6.07, 6.45) is 13.8. The molecule has 0 spiro atoms. The lowest BCUT2D eigenvalue weighted by Crippen LogP contribution is -2.23. The summed E-state index contributed by atoms with van der Waals surface area (Å²) in [5.41, 5.74) is 7.75. The predicted octanol–water partition coefficient (Wildman–Crippen LogP) is 5.16. The van der Waals surface area contributed by atoms with Crippen LogP contribution in [0.1, 0.15) is 31.2 Å². The summed E-state index contributed by atoms with van der Waals surface area (Å²) in [5.74, 6) is 42.5. The minimum absolute atomic E-state index is 0. The van der Waals surface area contributed by atoms with Crippen molar-refractivity contribution >= 4 is 22.7 Å². The molecule has 52 heavy (non-hydrogen) atoms. The van der Waals surface area contributed by atoms with E-state index in [1.54, 1.807) is 24.0 Å². The maximum atomic E-state index is 8.74. The summed E-state index contributed by atoms with van der Waals surface area (Å²) in [6, 6.07) is 2.22. The van der Waals surface area contributed by atoms with Crippen LogP contribution in [0.4, 0.5) is 11.6 Å². The maximum absolute atomic E-state index is 8.74. The molecule has 270 valence electrons. The molecule has 4 heterocycles. The Bertz CT molecular complexity index is 2320. The van der Waals surface area contributed by atoms with Crippen LogP contribution in [-0.2, 0) is 13.6 Å². The van der Waals surface area contributed by atoms with E-state index in [1.165, 1.54) is 0 Å². The first-order valence-electron chi connectivity index (χ1n) is 14.7. The van der Waals surface area contributed by atoms with E-state index < -0.39 is 0 Å². The number of anilines is 2. The smallest absolute Gasteiger partial charge is 0.229 e. The molecule has 1 atom stereocenters. The van der Waals surface area contributed by atoms with Crippen LogP contribution in [0.25, 0.3) is 11.0 Å². The molecular weight excluding hydrogens is 660 g/mol. The van der Waals surface area contributed by atoms with E-state index in [0.29, 0.717) is 18.3 Å². The van der Waals surface area contributed by atoms with Crippen LogP contribution in [0.2, 0.25) is 0 Å². The molecule has 18 heteroatoms. The number of aryl methyl sites for hydroxylation is 1. The number of nitrogens with two attached hydrogens (primary N) is 1. The molecule has 0 aliphatic carbocycles. The first kappa shape index (κ1) is 39.9. The van der Waals surface area contributed by atoms with Crippen LogP contribution in [0.15, 0.2) is 61.4 Å². The van der Waals surface area contributed by atoms with E-state index in [0.717, 1.165) is 49.3 Å². The lowest BCUT2D eigenvalue weighted by atomic mass is 10.1. The fraction of sp³-hybridized carbons (Fsp3) is 0.265. The first-order valence-corrected chi connectivity index (χ1v) is 14.7. The van der Waals surface area contributed by atoms with Gasteiger partial charge in [0.05, 0.1) is 29.5 Å². The highest BCUT2D eigenvalue weighted by Crippen LogP contribution is 2.21. The number of fused-ring (bicyclic) bond motifs is 1. The van der Waals surface area contributed by atoms with Gasteiger partial charge in [0.25, 0.3) is 0 Å². The van der Waals surface area contributed by atoms with Crippen molar-refractivity contribution in [3.63, 3.8) is 0 Å². The second-order valence-electron chi connectivity index (χ2n) is 9.37. The van der Waals surface area contributed by atoms with Gasteiger partial charge in [-0.05, 0) is 140 Å². The Morgan fingerprint density at radius 3 is 2.19 bits per heavy atom. The van der Waals surface area contributed by atoms with Crippen molar-refractivity contribution in [1.29, 1.82) is 10.8 Å². The number of nitriles is 1. The second-order valence-corrected chi connectivity index (χ2v) is 9.37. The van der Waals surface area contributed by atoms with Crippen LogP contribution in [-0.4, -0.2) is 54.1 Å². The zero-order chi connectivity index (χ0) is 37.5. The van der Waals surface area contributed by atoms with Crippen molar-refractivity contribution in [2.75, 3.05) is 25.0 Å². The van der Waals surface area contributed by atoms with Crippen molar-refractivity contribution < 1.29 is 11.4 Å². The van der Waals surface area contributed by atoms with Crippen molar-refractivity contribution in [2.24, 2.45) is 55.4 Å². The standard InChI is InChI=1S/C17H21N9.C17H4.H3N9.8H2/c1-24-12-15(9-20-24)22-17-19-7-14-8-21-26(16(14)23-17)11-13-3-6-25(10-13)5-2-4-18;1-3-5-7-9-11-13-15-17-16-14-12-10-8-6-4-2;1-3-5-7-9-8-6-4-2;;;;;;;;/h7-9,12-13H,2-3,5-6,10-11H2,1H3,(H,19,22,23);1H,2H3;(H3,1,2,5,6,9);8*1H. The van der Waals surface area contributed by atoms with E-state index in [-0.39, 0.29) is 11.4 Å². The van der Waals surface area contributed by atoms with Crippen LogP contribution >= 0.6 is 0 Å². The minimum Gasteiger partial charge on any atom is -0.321 e. The first-order chi connectivity index (χ1) is 25.5. The zero-order valence-electron chi connectivity index (χ0n) is 28.0. The quantitative estimate of drug-likeness (QED) is 0.116. The minimum atomic E-state index is 0. The molecule has 4 rings (SSSR count). The number of nitrogens with zero attached hydrogens (tertiary/aromatic N) is 15. The number of likely N-dealkylation sites (tertiary alicyclic amines) is 1. The third-order valence-electron chi connectivity index (χ3n) is 5.88. The van der Waals surface area contributed by atoms with Gasteiger partial charge in [0.2, 0.25) is 5.95 Å².